The first-order valence-electron chi connectivity index (χ1n) is 12.2. The van der Waals surface area contributed by atoms with Crippen LogP contribution >= 0.6 is 23.2 Å². The Bertz CT molecular complexity index is 1500. The molecule has 8 nitrogen and oxygen atoms in total. The summed E-state index contributed by atoms with van der Waals surface area (Å²) in [7, 11) is 0. The fourth-order valence-electron chi connectivity index (χ4n) is 4.11. The molecule has 0 N–H and O–H groups in total. The van der Waals surface area contributed by atoms with E-state index in [0.29, 0.717) is 16.8 Å². The molecule has 2 aromatic carbocycles. The second-order valence-corrected chi connectivity index (χ2v) is 10.1. The summed E-state index contributed by atoms with van der Waals surface area (Å²) < 4.78 is 42.8. The summed E-state index contributed by atoms with van der Waals surface area (Å²) >= 11 is 11.9. The highest BCUT2D eigenvalue weighted by Gasteiger charge is 2.62. The smallest absolute Gasteiger partial charge is 0.374 e. The molecule has 3 aromatic rings. The van der Waals surface area contributed by atoms with E-state index < -0.39 is 24.0 Å². The van der Waals surface area contributed by atoms with Gasteiger partial charge in [0.1, 0.15) is 6.21 Å². The van der Waals surface area contributed by atoms with E-state index in [4.69, 9.17) is 32.9 Å². The van der Waals surface area contributed by atoms with E-state index in [1.54, 1.807) is 37.4 Å². The lowest BCUT2D eigenvalue weighted by atomic mass is 9.86. The van der Waals surface area contributed by atoms with Crippen molar-refractivity contribution in [1.82, 2.24) is 9.88 Å². The van der Waals surface area contributed by atoms with E-state index in [0.717, 1.165) is 18.3 Å². The first kappa shape index (κ1) is 30.0. The molecule has 0 radical (unpaired) electrons. The van der Waals surface area contributed by atoms with Crippen LogP contribution in [-0.2, 0) is 26.6 Å². The van der Waals surface area contributed by atoms with Crippen LogP contribution in [0.3, 0.4) is 0 Å². The van der Waals surface area contributed by atoms with E-state index in [1.807, 2.05) is 0 Å². The lowest BCUT2D eigenvalue weighted by Gasteiger charge is -2.29. The van der Waals surface area contributed by atoms with Crippen LogP contribution in [0, 0.1) is 6.92 Å². The highest BCUT2D eigenvalue weighted by Crippen LogP contribution is 2.49. The van der Waals surface area contributed by atoms with Crippen molar-refractivity contribution in [3.05, 3.63) is 93.2 Å². The third-order valence-electron chi connectivity index (χ3n) is 6.24. The minimum absolute atomic E-state index is 0.0340. The minimum atomic E-state index is -4.82. The molecule has 0 fully saturated rings. The SMILES string of the molecule is CC(=O)N(CC(=O)/C=N/Oc1ccc(C2=NOC(c3cc(Cl)cc(Cl)c3)(C(F)(F)F)C2)cc1C)Cc1ccccn1. The van der Waals surface area contributed by atoms with Gasteiger partial charge in [-0.05, 0) is 61.0 Å². The first-order chi connectivity index (χ1) is 19.4. The number of aromatic nitrogens is 1. The molecule has 1 aromatic heterocycles. The highest BCUT2D eigenvalue weighted by molar-refractivity contribution is 6.34. The molecule has 1 amide bonds. The van der Waals surface area contributed by atoms with Crippen molar-refractivity contribution in [3.8, 4) is 5.75 Å². The van der Waals surface area contributed by atoms with Crippen LogP contribution in [0.1, 0.15) is 35.7 Å². The zero-order valence-electron chi connectivity index (χ0n) is 21.8. The number of halogens is 5. The summed E-state index contributed by atoms with van der Waals surface area (Å²) in [5, 5.41) is 7.52. The average molecular weight is 607 g/mol. The maximum absolute atomic E-state index is 14.3. The number of pyridine rings is 1. The van der Waals surface area contributed by atoms with Gasteiger partial charge in [-0.25, -0.2) is 0 Å². The van der Waals surface area contributed by atoms with E-state index in [-0.39, 0.29) is 46.1 Å². The largest absolute Gasteiger partial charge is 0.435 e. The second-order valence-electron chi connectivity index (χ2n) is 9.26. The van der Waals surface area contributed by atoms with Gasteiger partial charge in [-0.1, -0.05) is 39.6 Å². The summed E-state index contributed by atoms with van der Waals surface area (Å²) in [6.07, 6.45) is -2.89. The maximum atomic E-state index is 14.3. The molecule has 0 aliphatic carbocycles. The molecule has 1 unspecified atom stereocenters. The number of rotatable bonds is 9. The van der Waals surface area contributed by atoms with E-state index in [2.05, 4.69) is 15.3 Å². The molecule has 4 rings (SSSR count). The maximum Gasteiger partial charge on any atom is 0.435 e. The normalized spacial score (nSPS) is 16.8. The standard InChI is InChI=1S/C28H23Cl2F3N4O4/c1-17-9-19(25-13-27(41-36-25,28(31,32)33)20-10-21(29)12-22(30)11-20)6-7-26(17)40-35-14-24(39)16-37(18(2)38)15-23-5-3-4-8-34-23/h3-12,14H,13,15-16H2,1-2H3/b35-14+. The number of alkyl halides is 3. The quantitative estimate of drug-likeness (QED) is 0.212. The molecule has 0 bridgehead atoms. The Kier molecular flexibility index (Phi) is 8.98. The Morgan fingerprint density at radius 2 is 1.88 bits per heavy atom. The third-order valence-corrected chi connectivity index (χ3v) is 6.68. The molecule has 41 heavy (non-hydrogen) atoms. The van der Waals surface area contributed by atoms with Gasteiger partial charge in [0.2, 0.25) is 5.91 Å². The molecule has 0 saturated carbocycles. The van der Waals surface area contributed by atoms with Gasteiger partial charge in [0.15, 0.2) is 11.5 Å². The van der Waals surface area contributed by atoms with E-state index in [9.17, 15) is 22.8 Å². The molecule has 1 aliphatic heterocycles. The lowest BCUT2D eigenvalue weighted by molar-refractivity contribution is -0.275. The fraction of sp³-hybridized carbons (Fsp3) is 0.250. The molecular formula is C28H23Cl2F3N4O4. The predicted octanol–water partition coefficient (Wildman–Crippen LogP) is 6.26. The van der Waals surface area contributed by atoms with Gasteiger partial charge in [-0.2, -0.15) is 13.2 Å². The molecule has 0 spiro atoms. The molecular weight excluding hydrogens is 584 g/mol. The molecule has 2 heterocycles. The molecule has 214 valence electrons. The summed E-state index contributed by atoms with van der Waals surface area (Å²) in [5.41, 5.74) is -1.44. The number of Topliss-reactive ketones (excluding diaryl/α,β-unsaturated/α-hetero) is 1. The van der Waals surface area contributed by atoms with Crippen molar-refractivity contribution >= 4 is 46.8 Å². The highest BCUT2D eigenvalue weighted by atomic mass is 35.5. The van der Waals surface area contributed by atoms with Crippen molar-refractivity contribution in [2.45, 2.75) is 38.6 Å². The summed E-state index contributed by atoms with van der Waals surface area (Å²) in [4.78, 5) is 40.2. The first-order valence-corrected chi connectivity index (χ1v) is 12.9. The number of hydrogen-bond acceptors (Lipinski definition) is 7. The van der Waals surface area contributed by atoms with Crippen LogP contribution in [0.4, 0.5) is 13.2 Å². The number of carbonyl (C=O) groups is 2. The Morgan fingerprint density at radius 1 is 1.15 bits per heavy atom. The van der Waals surface area contributed by atoms with Crippen molar-refractivity contribution in [2.24, 2.45) is 10.3 Å². The van der Waals surface area contributed by atoms with Crippen LogP contribution in [0.15, 0.2) is 71.1 Å². The van der Waals surface area contributed by atoms with Crippen LogP contribution in [0.25, 0.3) is 0 Å². The van der Waals surface area contributed by atoms with Crippen LogP contribution in [0.2, 0.25) is 10.0 Å². The van der Waals surface area contributed by atoms with E-state index >= 15 is 0 Å². The molecule has 0 saturated heterocycles. The number of amides is 1. The Morgan fingerprint density at radius 3 is 2.49 bits per heavy atom. The second kappa shape index (κ2) is 12.3. The molecule has 13 heteroatoms. The van der Waals surface area contributed by atoms with Gasteiger partial charge < -0.3 is 14.6 Å². The fourth-order valence-corrected chi connectivity index (χ4v) is 4.64. The number of nitrogens with zero attached hydrogens (tertiary/aromatic N) is 4. The summed E-state index contributed by atoms with van der Waals surface area (Å²) in [6.45, 7) is 2.93. The summed E-state index contributed by atoms with van der Waals surface area (Å²) in [5.74, 6) is -0.526. The number of carbonyl (C=O) groups excluding carboxylic acids is 2. The average Bonchev–Trinajstić information content (AvgIpc) is 3.37. The Balaban J connectivity index is 1.42. The van der Waals surface area contributed by atoms with Crippen LogP contribution in [-0.4, -0.2) is 46.2 Å². The van der Waals surface area contributed by atoms with Gasteiger partial charge >= 0.3 is 6.18 Å². The van der Waals surface area contributed by atoms with Gasteiger partial charge in [0.25, 0.3) is 5.60 Å². The summed E-state index contributed by atoms with van der Waals surface area (Å²) in [6, 6.07) is 13.4. The van der Waals surface area contributed by atoms with Crippen LogP contribution < -0.4 is 4.84 Å². The minimum Gasteiger partial charge on any atom is -0.374 e. The van der Waals surface area contributed by atoms with Gasteiger partial charge in [-0.15, -0.1) is 0 Å². The van der Waals surface area contributed by atoms with Crippen molar-refractivity contribution in [3.63, 3.8) is 0 Å². The van der Waals surface area contributed by atoms with Crippen molar-refractivity contribution in [2.75, 3.05) is 6.54 Å². The zero-order valence-corrected chi connectivity index (χ0v) is 23.3. The number of benzene rings is 2. The number of aryl methyl sites for hydroxylation is 1. The van der Waals surface area contributed by atoms with E-state index in [1.165, 1.54) is 30.0 Å². The Labute approximate surface area is 243 Å². The number of hydrogen-bond donors (Lipinski definition) is 0. The molecule has 1 aliphatic rings. The van der Waals surface area contributed by atoms with Crippen molar-refractivity contribution in [1.29, 1.82) is 0 Å². The third kappa shape index (κ3) is 7.04. The molecule has 1 atom stereocenters. The van der Waals surface area contributed by atoms with Gasteiger partial charge in [0.05, 0.1) is 24.5 Å². The van der Waals surface area contributed by atoms with Crippen molar-refractivity contribution < 1.29 is 32.4 Å². The van der Waals surface area contributed by atoms with Crippen LogP contribution in [0.5, 0.6) is 5.75 Å². The number of ketones is 1. The van der Waals surface area contributed by atoms with Gasteiger partial charge in [0, 0.05) is 40.7 Å². The zero-order chi connectivity index (χ0) is 29.8. The number of oxime groups is 2. The van der Waals surface area contributed by atoms with Gasteiger partial charge in [-0.3, -0.25) is 14.6 Å². The lowest BCUT2D eigenvalue weighted by Crippen LogP contribution is -2.42. The predicted molar refractivity (Wildman–Crippen MR) is 147 cm³/mol. The monoisotopic (exact) mass is 606 g/mol. The topological polar surface area (TPSA) is 93.5 Å². The Hall–Kier alpha value is -3.96.